The molecule has 1 aliphatic heterocycles. The van der Waals surface area contributed by atoms with E-state index in [-0.39, 0.29) is 0 Å². The molecule has 0 amide bonds. The lowest BCUT2D eigenvalue weighted by molar-refractivity contribution is 0.183. The molecule has 0 saturated carbocycles. The Morgan fingerprint density at radius 2 is 2.57 bits per heavy atom. The topological polar surface area (TPSA) is 39.1 Å². The van der Waals surface area contributed by atoms with Crippen LogP contribution in [0.1, 0.15) is 13.3 Å². The molecule has 4 nitrogen and oxygen atoms in total. The van der Waals surface area contributed by atoms with Crippen LogP contribution in [-0.4, -0.2) is 29.0 Å². The first-order valence-electron chi connectivity index (χ1n) is 5.08. The van der Waals surface area contributed by atoms with Crippen LogP contribution in [0, 0.1) is 5.92 Å². The summed E-state index contributed by atoms with van der Waals surface area (Å²) in [6.07, 6.45) is 5.01. The molecule has 0 aliphatic carbocycles. The molecule has 78 valence electrons. The van der Waals surface area contributed by atoms with Gasteiger partial charge in [0, 0.05) is 31.8 Å². The van der Waals surface area contributed by atoms with Gasteiger partial charge in [0.2, 0.25) is 0 Å². The Hall–Kier alpha value is -1.03. The van der Waals surface area contributed by atoms with Crippen molar-refractivity contribution < 1.29 is 4.74 Å². The van der Waals surface area contributed by atoms with E-state index in [0.717, 1.165) is 25.3 Å². The first kappa shape index (κ1) is 9.52. The van der Waals surface area contributed by atoms with E-state index < -0.39 is 0 Å². The average molecular weight is 195 g/mol. The minimum atomic E-state index is 0.460. The molecule has 14 heavy (non-hydrogen) atoms. The Bertz CT molecular complexity index is 291. The van der Waals surface area contributed by atoms with Gasteiger partial charge in [-0.15, -0.1) is 0 Å². The normalized spacial score (nSPS) is 23.7. The van der Waals surface area contributed by atoms with Gasteiger partial charge in [0.15, 0.2) is 0 Å². The van der Waals surface area contributed by atoms with Crippen LogP contribution in [0.3, 0.4) is 0 Å². The largest absolute Gasteiger partial charge is 0.381 e. The summed E-state index contributed by atoms with van der Waals surface area (Å²) in [6.45, 7) is 3.99. The fourth-order valence-electron chi connectivity index (χ4n) is 1.82. The second-order valence-corrected chi connectivity index (χ2v) is 3.96. The maximum absolute atomic E-state index is 5.36. The van der Waals surface area contributed by atoms with Crippen molar-refractivity contribution in [1.82, 2.24) is 9.78 Å². The molecular weight excluding hydrogens is 178 g/mol. The molecule has 0 spiro atoms. The van der Waals surface area contributed by atoms with Gasteiger partial charge in [0.05, 0.1) is 18.5 Å². The van der Waals surface area contributed by atoms with E-state index in [1.54, 1.807) is 4.68 Å². The molecule has 1 aromatic heterocycles. The number of hydrogen-bond donors (Lipinski definition) is 1. The summed E-state index contributed by atoms with van der Waals surface area (Å²) in [5.41, 5.74) is 1.09. The quantitative estimate of drug-likeness (QED) is 0.789. The minimum Gasteiger partial charge on any atom is -0.381 e. The van der Waals surface area contributed by atoms with E-state index in [2.05, 4.69) is 17.3 Å². The van der Waals surface area contributed by atoms with Crippen molar-refractivity contribution >= 4 is 5.69 Å². The van der Waals surface area contributed by atoms with E-state index in [1.807, 2.05) is 19.4 Å². The number of nitrogens with one attached hydrogen (secondary N) is 1. The lowest BCUT2D eigenvalue weighted by Crippen LogP contribution is -2.25. The summed E-state index contributed by atoms with van der Waals surface area (Å²) >= 11 is 0. The number of anilines is 1. The molecule has 2 rings (SSSR count). The van der Waals surface area contributed by atoms with Gasteiger partial charge in [-0.3, -0.25) is 4.68 Å². The predicted octanol–water partition coefficient (Wildman–Crippen LogP) is 1.26. The summed E-state index contributed by atoms with van der Waals surface area (Å²) < 4.78 is 7.17. The van der Waals surface area contributed by atoms with Crippen LogP contribution >= 0.6 is 0 Å². The summed E-state index contributed by atoms with van der Waals surface area (Å²) in [7, 11) is 1.93. The monoisotopic (exact) mass is 195 g/mol. The molecule has 1 fully saturated rings. The van der Waals surface area contributed by atoms with E-state index in [9.17, 15) is 0 Å². The van der Waals surface area contributed by atoms with Crippen molar-refractivity contribution in [2.45, 2.75) is 19.4 Å². The fraction of sp³-hybridized carbons (Fsp3) is 0.700. The van der Waals surface area contributed by atoms with Crippen molar-refractivity contribution in [3.63, 3.8) is 0 Å². The maximum Gasteiger partial charge on any atom is 0.0728 e. The Labute approximate surface area is 84.3 Å². The summed E-state index contributed by atoms with van der Waals surface area (Å²) in [5.74, 6) is 0.634. The highest BCUT2D eigenvalue weighted by molar-refractivity contribution is 5.39. The van der Waals surface area contributed by atoms with Gasteiger partial charge in [0.1, 0.15) is 0 Å². The van der Waals surface area contributed by atoms with Crippen LogP contribution in [0.4, 0.5) is 5.69 Å². The van der Waals surface area contributed by atoms with Crippen LogP contribution < -0.4 is 5.32 Å². The SMILES string of the molecule is CC(Nc1cnn(C)c1)C1CCOC1. The molecule has 2 heterocycles. The van der Waals surface area contributed by atoms with Gasteiger partial charge in [-0.25, -0.2) is 0 Å². The highest BCUT2D eigenvalue weighted by atomic mass is 16.5. The standard InChI is InChI=1S/C10H17N3O/c1-8(9-3-4-14-7-9)12-10-5-11-13(2)6-10/h5-6,8-9,12H,3-4,7H2,1-2H3. The van der Waals surface area contributed by atoms with E-state index in [1.165, 1.54) is 0 Å². The van der Waals surface area contributed by atoms with Crippen LogP contribution in [0.5, 0.6) is 0 Å². The van der Waals surface area contributed by atoms with Crippen molar-refractivity contribution in [3.05, 3.63) is 12.4 Å². The molecule has 1 N–H and O–H groups in total. The van der Waals surface area contributed by atoms with Gasteiger partial charge < -0.3 is 10.1 Å². The first-order valence-corrected chi connectivity index (χ1v) is 5.08. The lowest BCUT2D eigenvalue weighted by Gasteiger charge is -2.18. The average Bonchev–Trinajstić information content (AvgIpc) is 2.75. The van der Waals surface area contributed by atoms with Crippen LogP contribution in [0.15, 0.2) is 12.4 Å². The Kier molecular flexibility index (Phi) is 2.72. The minimum absolute atomic E-state index is 0.460. The van der Waals surface area contributed by atoms with Crippen molar-refractivity contribution in [2.24, 2.45) is 13.0 Å². The number of aryl methyl sites for hydroxylation is 1. The van der Waals surface area contributed by atoms with Crippen molar-refractivity contribution in [1.29, 1.82) is 0 Å². The second kappa shape index (κ2) is 4.00. The zero-order valence-corrected chi connectivity index (χ0v) is 8.73. The van der Waals surface area contributed by atoms with Gasteiger partial charge in [0.25, 0.3) is 0 Å². The molecule has 4 heteroatoms. The molecule has 1 aliphatic rings. The van der Waals surface area contributed by atoms with Gasteiger partial charge in [-0.2, -0.15) is 5.10 Å². The number of nitrogens with zero attached hydrogens (tertiary/aromatic N) is 2. The molecule has 2 unspecified atom stereocenters. The second-order valence-electron chi connectivity index (χ2n) is 3.96. The fourth-order valence-corrected chi connectivity index (χ4v) is 1.82. The molecule has 0 aromatic carbocycles. The maximum atomic E-state index is 5.36. The van der Waals surface area contributed by atoms with E-state index in [0.29, 0.717) is 12.0 Å². The van der Waals surface area contributed by atoms with E-state index >= 15 is 0 Å². The number of rotatable bonds is 3. The molecular formula is C10H17N3O. The van der Waals surface area contributed by atoms with Crippen molar-refractivity contribution in [2.75, 3.05) is 18.5 Å². The molecule has 1 saturated heterocycles. The molecule has 2 atom stereocenters. The van der Waals surface area contributed by atoms with Crippen molar-refractivity contribution in [3.8, 4) is 0 Å². The third-order valence-corrected chi connectivity index (χ3v) is 2.77. The zero-order valence-electron chi connectivity index (χ0n) is 8.73. The number of aromatic nitrogens is 2. The third kappa shape index (κ3) is 2.07. The van der Waals surface area contributed by atoms with Gasteiger partial charge >= 0.3 is 0 Å². The molecule has 0 radical (unpaired) electrons. The van der Waals surface area contributed by atoms with Crippen LogP contribution in [0.25, 0.3) is 0 Å². The Morgan fingerprint density at radius 1 is 1.71 bits per heavy atom. The highest BCUT2D eigenvalue weighted by Crippen LogP contribution is 2.19. The number of ether oxygens (including phenoxy) is 1. The highest BCUT2D eigenvalue weighted by Gasteiger charge is 2.22. The predicted molar refractivity (Wildman–Crippen MR) is 55.2 cm³/mol. The Balaban J connectivity index is 1.90. The smallest absolute Gasteiger partial charge is 0.0728 e. The Morgan fingerprint density at radius 3 is 3.14 bits per heavy atom. The third-order valence-electron chi connectivity index (χ3n) is 2.77. The number of hydrogen-bond acceptors (Lipinski definition) is 3. The summed E-state index contributed by atoms with van der Waals surface area (Å²) in [6, 6.07) is 0.460. The first-order chi connectivity index (χ1) is 6.75. The van der Waals surface area contributed by atoms with Crippen LogP contribution in [0.2, 0.25) is 0 Å². The molecule has 0 bridgehead atoms. The van der Waals surface area contributed by atoms with E-state index in [4.69, 9.17) is 4.74 Å². The van der Waals surface area contributed by atoms with Gasteiger partial charge in [-0.05, 0) is 13.3 Å². The van der Waals surface area contributed by atoms with Crippen LogP contribution in [-0.2, 0) is 11.8 Å². The lowest BCUT2D eigenvalue weighted by atomic mass is 10.0. The summed E-state index contributed by atoms with van der Waals surface area (Å²) in [5, 5.41) is 7.56. The molecule has 1 aromatic rings. The van der Waals surface area contributed by atoms with Gasteiger partial charge in [-0.1, -0.05) is 0 Å². The summed E-state index contributed by atoms with van der Waals surface area (Å²) in [4.78, 5) is 0. The zero-order chi connectivity index (χ0) is 9.97.